The maximum absolute atomic E-state index is 12.7. The standard InChI is InChI=1S/C16H17ClF3N3O/c1-3-12-14(17)22-9(2)23-15(12)21-8-13(24)10-5-4-6-11(7-10)16(18,19)20/h4-7,13,24H,3,8H2,1-2H3,(H,21,22,23). The molecule has 1 aromatic carbocycles. The van der Waals surface area contributed by atoms with Gasteiger partial charge in [-0.05, 0) is 31.0 Å². The normalized spacial score (nSPS) is 13.0. The third-order valence-electron chi connectivity index (χ3n) is 3.48. The van der Waals surface area contributed by atoms with Gasteiger partial charge in [-0.1, -0.05) is 30.7 Å². The number of benzene rings is 1. The Hall–Kier alpha value is -1.86. The number of nitrogens with zero attached hydrogens (tertiary/aromatic N) is 2. The molecule has 0 aliphatic heterocycles. The van der Waals surface area contributed by atoms with Gasteiger partial charge in [0.1, 0.15) is 16.8 Å². The van der Waals surface area contributed by atoms with E-state index in [2.05, 4.69) is 15.3 Å². The first-order valence-corrected chi connectivity index (χ1v) is 7.72. The summed E-state index contributed by atoms with van der Waals surface area (Å²) in [5.41, 5.74) is 0.0694. The van der Waals surface area contributed by atoms with Gasteiger partial charge in [0, 0.05) is 12.1 Å². The molecule has 0 aliphatic rings. The van der Waals surface area contributed by atoms with E-state index >= 15 is 0 Å². The van der Waals surface area contributed by atoms with Crippen molar-refractivity contribution in [3.8, 4) is 0 Å². The summed E-state index contributed by atoms with van der Waals surface area (Å²) in [6, 6.07) is 4.61. The van der Waals surface area contributed by atoms with Crippen molar-refractivity contribution < 1.29 is 18.3 Å². The Balaban J connectivity index is 2.16. The van der Waals surface area contributed by atoms with Gasteiger partial charge in [0.2, 0.25) is 0 Å². The average molecular weight is 360 g/mol. The molecule has 8 heteroatoms. The van der Waals surface area contributed by atoms with E-state index in [1.165, 1.54) is 12.1 Å². The molecule has 0 bridgehead atoms. The number of aliphatic hydroxyl groups is 1. The van der Waals surface area contributed by atoms with E-state index in [4.69, 9.17) is 11.6 Å². The fourth-order valence-electron chi connectivity index (χ4n) is 2.25. The molecular formula is C16H17ClF3N3O. The minimum Gasteiger partial charge on any atom is -0.387 e. The third-order valence-corrected chi connectivity index (χ3v) is 3.80. The molecule has 1 atom stereocenters. The van der Waals surface area contributed by atoms with Crippen LogP contribution in [0.25, 0.3) is 0 Å². The Morgan fingerprint density at radius 2 is 2.00 bits per heavy atom. The van der Waals surface area contributed by atoms with Crippen LogP contribution >= 0.6 is 11.6 Å². The second kappa shape index (κ2) is 7.36. The van der Waals surface area contributed by atoms with Crippen molar-refractivity contribution in [1.29, 1.82) is 0 Å². The Morgan fingerprint density at radius 1 is 1.29 bits per heavy atom. The monoisotopic (exact) mass is 359 g/mol. The Morgan fingerprint density at radius 3 is 2.62 bits per heavy atom. The summed E-state index contributed by atoms with van der Waals surface area (Å²) in [5, 5.41) is 13.4. The zero-order valence-electron chi connectivity index (χ0n) is 13.2. The molecule has 2 N–H and O–H groups in total. The molecule has 24 heavy (non-hydrogen) atoms. The summed E-state index contributed by atoms with van der Waals surface area (Å²) >= 11 is 6.06. The van der Waals surface area contributed by atoms with E-state index in [-0.39, 0.29) is 12.1 Å². The summed E-state index contributed by atoms with van der Waals surface area (Å²) in [5.74, 6) is 0.939. The Bertz CT molecular complexity index is 722. The molecule has 2 aromatic rings. The topological polar surface area (TPSA) is 58.0 Å². The van der Waals surface area contributed by atoms with Crippen molar-refractivity contribution in [2.24, 2.45) is 0 Å². The number of aliphatic hydroxyl groups excluding tert-OH is 1. The van der Waals surface area contributed by atoms with Crippen molar-refractivity contribution in [3.63, 3.8) is 0 Å². The number of hydrogen-bond acceptors (Lipinski definition) is 4. The number of nitrogens with one attached hydrogen (secondary N) is 1. The highest BCUT2D eigenvalue weighted by molar-refractivity contribution is 6.30. The Labute approximate surface area is 142 Å². The minimum absolute atomic E-state index is 0.00108. The van der Waals surface area contributed by atoms with E-state index in [9.17, 15) is 18.3 Å². The number of aryl methyl sites for hydroxylation is 1. The van der Waals surface area contributed by atoms with Crippen molar-refractivity contribution in [1.82, 2.24) is 9.97 Å². The van der Waals surface area contributed by atoms with Crippen LogP contribution < -0.4 is 5.32 Å². The number of aromatic nitrogens is 2. The van der Waals surface area contributed by atoms with Crippen molar-refractivity contribution >= 4 is 17.4 Å². The van der Waals surface area contributed by atoms with Crippen LogP contribution in [0.15, 0.2) is 24.3 Å². The van der Waals surface area contributed by atoms with Crippen LogP contribution in [0, 0.1) is 6.92 Å². The first-order chi connectivity index (χ1) is 11.2. The third kappa shape index (κ3) is 4.36. The molecule has 0 saturated carbocycles. The van der Waals surface area contributed by atoms with Crippen LogP contribution in [-0.4, -0.2) is 21.6 Å². The molecule has 130 valence electrons. The number of anilines is 1. The number of hydrogen-bond donors (Lipinski definition) is 2. The quantitative estimate of drug-likeness (QED) is 0.787. The number of alkyl halides is 3. The first kappa shape index (κ1) is 18.5. The second-order valence-electron chi connectivity index (χ2n) is 5.26. The smallest absolute Gasteiger partial charge is 0.387 e. The van der Waals surface area contributed by atoms with Crippen LogP contribution in [0.4, 0.5) is 19.0 Å². The van der Waals surface area contributed by atoms with E-state index in [1.54, 1.807) is 6.92 Å². The number of halogens is 4. The molecule has 2 rings (SSSR count). The SMILES string of the molecule is CCc1c(Cl)nc(C)nc1NCC(O)c1cccc(C(F)(F)F)c1. The molecule has 0 radical (unpaired) electrons. The molecule has 0 spiro atoms. The van der Waals surface area contributed by atoms with E-state index in [0.717, 1.165) is 12.1 Å². The Kier molecular flexibility index (Phi) is 5.66. The second-order valence-corrected chi connectivity index (χ2v) is 5.62. The molecule has 0 saturated heterocycles. The van der Waals surface area contributed by atoms with Gasteiger partial charge in [-0.2, -0.15) is 13.2 Å². The van der Waals surface area contributed by atoms with Gasteiger partial charge in [0.15, 0.2) is 0 Å². The summed E-state index contributed by atoms with van der Waals surface area (Å²) in [7, 11) is 0. The molecule has 1 heterocycles. The zero-order valence-corrected chi connectivity index (χ0v) is 13.9. The predicted molar refractivity (Wildman–Crippen MR) is 86.1 cm³/mol. The van der Waals surface area contributed by atoms with Gasteiger partial charge < -0.3 is 10.4 Å². The lowest BCUT2D eigenvalue weighted by molar-refractivity contribution is -0.137. The zero-order chi connectivity index (χ0) is 17.9. The van der Waals surface area contributed by atoms with E-state index in [1.807, 2.05) is 6.92 Å². The molecule has 1 unspecified atom stereocenters. The van der Waals surface area contributed by atoms with Crippen molar-refractivity contribution in [2.75, 3.05) is 11.9 Å². The van der Waals surface area contributed by atoms with Gasteiger partial charge in [0.05, 0.1) is 11.7 Å². The lowest BCUT2D eigenvalue weighted by atomic mass is 10.1. The van der Waals surface area contributed by atoms with Crippen LogP contribution in [0.1, 0.15) is 35.5 Å². The highest BCUT2D eigenvalue weighted by Crippen LogP contribution is 2.31. The lowest BCUT2D eigenvalue weighted by Gasteiger charge is -2.16. The fraction of sp³-hybridized carbons (Fsp3) is 0.375. The first-order valence-electron chi connectivity index (χ1n) is 7.34. The summed E-state index contributed by atoms with van der Waals surface area (Å²) in [4.78, 5) is 8.29. The summed E-state index contributed by atoms with van der Waals surface area (Å²) in [6.07, 6.45) is -4.98. The predicted octanol–water partition coefficient (Wildman–Crippen LogP) is 4.17. The van der Waals surface area contributed by atoms with Gasteiger partial charge in [-0.15, -0.1) is 0 Å². The van der Waals surface area contributed by atoms with Crippen LogP contribution in [0.2, 0.25) is 5.15 Å². The summed E-state index contributed by atoms with van der Waals surface area (Å²) in [6.45, 7) is 3.56. The van der Waals surface area contributed by atoms with Crippen LogP contribution in [0.5, 0.6) is 0 Å². The van der Waals surface area contributed by atoms with E-state index < -0.39 is 17.8 Å². The lowest BCUT2D eigenvalue weighted by Crippen LogP contribution is -2.16. The summed E-state index contributed by atoms with van der Waals surface area (Å²) < 4.78 is 38.2. The van der Waals surface area contributed by atoms with Gasteiger partial charge >= 0.3 is 6.18 Å². The van der Waals surface area contributed by atoms with Gasteiger partial charge in [-0.25, -0.2) is 9.97 Å². The molecule has 0 aliphatic carbocycles. The maximum atomic E-state index is 12.7. The van der Waals surface area contributed by atoms with Crippen molar-refractivity contribution in [3.05, 3.63) is 51.9 Å². The highest BCUT2D eigenvalue weighted by atomic mass is 35.5. The maximum Gasteiger partial charge on any atom is 0.416 e. The van der Waals surface area contributed by atoms with Gasteiger partial charge in [0.25, 0.3) is 0 Å². The molecule has 4 nitrogen and oxygen atoms in total. The fourth-order valence-corrected chi connectivity index (χ4v) is 2.60. The van der Waals surface area contributed by atoms with Gasteiger partial charge in [-0.3, -0.25) is 0 Å². The molecule has 0 amide bonds. The van der Waals surface area contributed by atoms with Crippen LogP contribution in [0.3, 0.4) is 0 Å². The largest absolute Gasteiger partial charge is 0.416 e. The highest BCUT2D eigenvalue weighted by Gasteiger charge is 2.30. The molecule has 1 aromatic heterocycles. The number of rotatable bonds is 5. The minimum atomic E-state index is -4.45. The van der Waals surface area contributed by atoms with E-state index in [0.29, 0.717) is 28.8 Å². The van der Waals surface area contributed by atoms with Crippen molar-refractivity contribution in [2.45, 2.75) is 32.5 Å². The molecule has 0 fully saturated rings. The molecular weight excluding hydrogens is 343 g/mol. The van der Waals surface area contributed by atoms with Crippen LogP contribution in [-0.2, 0) is 12.6 Å². The average Bonchev–Trinajstić information content (AvgIpc) is 2.51.